The Labute approximate surface area is 177 Å². The van der Waals surface area contributed by atoms with Crippen LogP contribution >= 0.6 is 0 Å². The van der Waals surface area contributed by atoms with Crippen molar-refractivity contribution in [3.05, 3.63) is 53.6 Å². The van der Waals surface area contributed by atoms with E-state index in [0.717, 1.165) is 11.1 Å². The highest BCUT2D eigenvalue weighted by molar-refractivity contribution is 5.88. The van der Waals surface area contributed by atoms with Crippen LogP contribution in [0.4, 0.5) is 0 Å². The molecule has 0 heterocycles. The van der Waals surface area contributed by atoms with Gasteiger partial charge in [-0.15, -0.1) is 0 Å². The fourth-order valence-electron chi connectivity index (χ4n) is 3.19. The molecular formula is C23H30N2O5. The highest BCUT2D eigenvalue weighted by atomic mass is 16.5. The predicted octanol–water partition coefficient (Wildman–Crippen LogP) is 2.94. The zero-order chi connectivity index (χ0) is 22.1. The number of methoxy groups -OCH3 is 2. The molecule has 0 aliphatic heterocycles. The SMILES string of the molecule is CCC(C(=O)NC)N(Cc1cccc(C)c1)C(=O)COc1cc(OC)cc(OC)c1. The van der Waals surface area contributed by atoms with Gasteiger partial charge in [0.15, 0.2) is 6.61 Å². The third-order valence-corrected chi connectivity index (χ3v) is 4.75. The molecule has 2 rings (SSSR count). The quantitative estimate of drug-likeness (QED) is 0.647. The number of aryl methyl sites for hydroxylation is 1. The van der Waals surface area contributed by atoms with Gasteiger partial charge in [-0.05, 0) is 18.9 Å². The Morgan fingerprint density at radius 3 is 2.20 bits per heavy atom. The normalized spacial score (nSPS) is 11.4. The molecule has 0 bridgehead atoms. The molecule has 0 spiro atoms. The first kappa shape index (κ1) is 23.1. The van der Waals surface area contributed by atoms with Crippen LogP contribution in [0.3, 0.4) is 0 Å². The molecule has 30 heavy (non-hydrogen) atoms. The van der Waals surface area contributed by atoms with Gasteiger partial charge in [0.1, 0.15) is 23.3 Å². The molecule has 0 aliphatic carbocycles. The van der Waals surface area contributed by atoms with Crippen molar-refractivity contribution in [3.63, 3.8) is 0 Å². The summed E-state index contributed by atoms with van der Waals surface area (Å²) in [4.78, 5) is 27.1. The predicted molar refractivity (Wildman–Crippen MR) is 115 cm³/mol. The average Bonchev–Trinajstić information content (AvgIpc) is 2.76. The van der Waals surface area contributed by atoms with Gasteiger partial charge in [0, 0.05) is 31.8 Å². The molecule has 0 aliphatic rings. The summed E-state index contributed by atoms with van der Waals surface area (Å²) >= 11 is 0. The Hall–Kier alpha value is -3.22. The van der Waals surface area contributed by atoms with Gasteiger partial charge in [-0.1, -0.05) is 36.8 Å². The monoisotopic (exact) mass is 414 g/mol. The second kappa shape index (κ2) is 11.1. The number of rotatable bonds is 10. The van der Waals surface area contributed by atoms with E-state index in [-0.39, 0.29) is 18.4 Å². The molecule has 1 atom stereocenters. The summed E-state index contributed by atoms with van der Waals surface area (Å²) < 4.78 is 16.2. The van der Waals surface area contributed by atoms with E-state index in [1.165, 1.54) is 0 Å². The summed E-state index contributed by atoms with van der Waals surface area (Å²) in [5, 5.41) is 2.65. The number of hydrogen-bond acceptors (Lipinski definition) is 5. The van der Waals surface area contributed by atoms with Gasteiger partial charge in [-0.3, -0.25) is 9.59 Å². The number of nitrogens with zero attached hydrogens (tertiary/aromatic N) is 1. The van der Waals surface area contributed by atoms with Crippen molar-refractivity contribution in [1.29, 1.82) is 0 Å². The second-order valence-corrected chi connectivity index (χ2v) is 6.89. The van der Waals surface area contributed by atoms with Crippen LogP contribution < -0.4 is 19.5 Å². The first-order chi connectivity index (χ1) is 14.4. The number of nitrogens with one attached hydrogen (secondary N) is 1. The Kier molecular flexibility index (Phi) is 8.53. The van der Waals surface area contributed by atoms with E-state index < -0.39 is 6.04 Å². The van der Waals surface area contributed by atoms with Crippen LogP contribution in [0.2, 0.25) is 0 Å². The Morgan fingerprint density at radius 1 is 1.03 bits per heavy atom. The maximum absolute atomic E-state index is 13.1. The van der Waals surface area contributed by atoms with Gasteiger partial charge in [-0.25, -0.2) is 0 Å². The summed E-state index contributed by atoms with van der Waals surface area (Å²) in [6.07, 6.45) is 0.490. The lowest BCUT2D eigenvalue weighted by atomic mass is 10.1. The van der Waals surface area contributed by atoms with E-state index in [0.29, 0.717) is 30.2 Å². The highest BCUT2D eigenvalue weighted by Crippen LogP contribution is 2.27. The number of amides is 2. The lowest BCUT2D eigenvalue weighted by Gasteiger charge is -2.30. The molecule has 2 aromatic rings. The van der Waals surface area contributed by atoms with Crippen molar-refractivity contribution >= 4 is 11.8 Å². The summed E-state index contributed by atoms with van der Waals surface area (Å²) in [6, 6.07) is 12.4. The standard InChI is InChI=1S/C23H30N2O5/c1-6-21(23(27)24-3)25(14-17-9-7-8-16(2)10-17)22(26)15-30-20-12-18(28-4)11-19(13-20)29-5/h7-13,21H,6,14-15H2,1-5H3,(H,24,27). The maximum Gasteiger partial charge on any atom is 0.261 e. The number of likely N-dealkylation sites (N-methyl/N-ethyl adjacent to an activating group) is 1. The van der Waals surface area contributed by atoms with E-state index in [4.69, 9.17) is 14.2 Å². The van der Waals surface area contributed by atoms with Crippen molar-refractivity contribution in [1.82, 2.24) is 10.2 Å². The zero-order valence-electron chi connectivity index (χ0n) is 18.2. The molecule has 0 saturated carbocycles. The molecule has 0 saturated heterocycles. The Bertz CT molecular complexity index is 846. The zero-order valence-corrected chi connectivity index (χ0v) is 18.2. The van der Waals surface area contributed by atoms with E-state index in [9.17, 15) is 9.59 Å². The summed E-state index contributed by atoms with van der Waals surface area (Å²) in [5.74, 6) is 1.08. The van der Waals surface area contributed by atoms with Crippen LogP contribution in [0, 0.1) is 6.92 Å². The van der Waals surface area contributed by atoms with Crippen LogP contribution in [0.5, 0.6) is 17.2 Å². The molecule has 0 radical (unpaired) electrons. The largest absolute Gasteiger partial charge is 0.496 e. The van der Waals surface area contributed by atoms with Gasteiger partial charge in [-0.2, -0.15) is 0 Å². The summed E-state index contributed by atoms with van der Waals surface area (Å²) in [7, 11) is 4.66. The molecule has 7 nitrogen and oxygen atoms in total. The van der Waals surface area contributed by atoms with E-state index in [1.807, 2.05) is 38.1 Å². The molecule has 162 valence electrons. The van der Waals surface area contributed by atoms with Crippen molar-refractivity contribution in [2.75, 3.05) is 27.9 Å². The highest BCUT2D eigenvalue weighted by Gasteiger charge is 2.28. The van der Waals surface area contributed by atoms with Gasteiger partial charge in [0.05, 0.1) is 14.2 Å². The minimum Gasteiger partial charge on any atom is -0.496 e. The first-order valence-corrected chi connectivity index (χ1v) is 9.84. The molecule has 2 aromatic carbocycles. The fraction of sp³-hybridized carbons (Fsp3) is 0.391. The van der Waals surface area contributed by atoms with Gasteiger partial charge in [0.25, 0.3) is 5.91 Å². The average molecular weight is 415 g/mol. The Morgan fingerprint density at radius 2 is 1.67 bits per heavy atom. The molecule has 1 unspecified atom stereocenters. The maximum atomic E-state index is 13.1. The number of benzene rings is 2. The topological polar surface area (TPSA) is 77.1 Å². The minimum absolute atomic E-state index is 0.207. The smallest absolute Gasteiger partial charge is 0.261 e. The van der Waals surface area contributed by atoms with E-state index in [2.05, 4.69) is 5.32 Å². The van der Waals surface area contributed by atoms with Gasteiger partial charge >= 0.3 is 0 Å². The van der Waals surface area contributed by atoms with Gasteiger partial charge in [0.2, 0.25) is 5.91 Å². The van der Waals surface area contributed by atoms with Crippen molar-refractivity contribution in [2.24, 2.45) is 0 Å². The number of carbonyl (C=O) groups is 2. The molecule has 2 amide bonds. The number of ether oxygens (including phenoxy) is 3. The van der Waals surface area contributed by atoms with Crippen LogP contribution in [0.1, 0.15) is 24.5 Å². The Balaban J connectivity index is 2.22. The lowest BCUT2D eigenvalue weighted by Crippen LogP contribution is -2.49. The molecule has 7 heteroatoms. The molecule has 0 fully saturated rings. The summed E-state index contributed by atoms with van der Waals surface area (Å²) in [6.45, 7) is 3.97. The van der Waals surface area contributed by atoms with Crippen LogP contribution in [0.25, 0.3) is 0 Å². The van der Waals surface area contributed by atoms with E-state index in [1.54, 1.807) is 44.4 Å². The van der Waals surface area contributed by atoms with Crippen molar-refractivity contribution in [3.8, 4) is 17.2 Å². The van der Waals surface area contributed by atoms with Gasteiger partial charge < -0.3 is 24.4 Å². The molecule has 0 aromatic heterocycles. The third-order valence-electron chi connectivity index (χ3n) is 4.75. The number of carbonyl (C=O) groups excluding carboxylic acids is 2. The van der Waals surface area contributed by atoms with Crippen molar-refractivity contribution in [2.45, 2.75) is 32.9 Å². The van der Waals surface area contributed by atoms with Crippen LogP contribution in [-0.4, -0.2) is 50.6 Å². The second-order valence-electron chi connectivity index (χ2n) is 6.89. The minimum atomic E-state index is -0.591. The van der Waals surface area contributed by atoms with E-state index >= 15 is 0 Å². The van der Waals surface area contributed by atoms with Crippen LogP contribution in [0.15, 0.2) is 42.5 Å². The molecular weight excluding hydrogens is 384 g/mol. The third kappa shape index (κ3) is 6.14. The van der Waals surface area contributed by atoms with Crippen LogP contribution in [-0.2, 0) is 16.1 Å². The van der Waals surface area contributed by atoms with Crippen molar-refractivity contribution < 1.29 is 23.8 Å². The fourth-order valence-corrected chi connectivity index (χ4v) is 3.19. The summed E-state index contributed by atoms with van der Waals surface area (Å²) in [5.41, 5.74) is 2.04. The molecule has 1 N–H and O–H groups in total. The number of hydrogen-bond donors (Lipinski definition) is 1. The lowest BCUT2D eigenvalue weighted by molar-refractivity contribution is -0.142. The first-order valence-electron chi connectivity index (χ1n) is 9.84.